The summed E-state index contributed by atoms with van der Waals surface area (Å²) in [7, 11) is 0. The van der Waals surface area contributed by atoms with Gasteiger partial charge in [0.05, 0.1) is 10.7 Å². The standard InChI is InChI=1S/C13H10ClF2N3S/c14-9-5-10(15)8(4-11(9)16)12(17)3-7-6-19-1-2-20-13(19)18-7/h1-2,4-6,12H,3,17H2. The Balaban J connectivity index is 1.87. The number of hydrogen-bond donors (Lipinski definition) is 1. The summed E-state index contributed by atoms with van der Waals surface area (Å²) in [6.45, 7) is 0. The maximum atomic E-state index is 13.8. The second kappa shape index (κ2) is 5.12. The molecule has 0 aliphatic heterocycles. The zero-order valence-corrected chi connectivity index (χ0v) is 11.8. The minimum atomic E-state index is -0.677. The second-order valence-corrected chi connectivity index (χ2v) is 5.70. The quantitative estimate of drug-likeness (QED) is 0.751. The van der Waals surface area contributed by atoms with Gasteiger partial charge in [0.15, 0.2) is 4.96 Å². The van der Waals surface area contributed by atoms with Crippen LogP contribution in [0.3, 0.4) is 0 Å². The third kappa shape index (κ3) is 2.42. The van der Waals surface area contributed by atoms with Gasteiger partial charge < -0.3 is 5.73 Å². The molecule has 1 unspecified atom stereocenters. The first-order chi connectivity index (χ1) is 9.54. The first kappa shape index (κ1) is 13.5. The number of nitrogens with zero attached hydrogens (tertiary/aromatic N) is 2. The zero-order chi connectivity index (χ0) is 14.3. The van der Waals surface area contributed by atoms with Crippen LogP contribution in [0.5, 0.6) is 0 Å². The molecule has 2 heterocycles. The van der Waals surface area contributed by atoms with Crippen molar-refractivity contribution in [3.8, 4) is 0 Å². The molecule has 3 nitrogen and oxygen atoms in total. The molecule has 7 heteroatoms. The fourth-order valence-corrected chi connectivity index (χ4v) is 2.90. The van der Waals surface area contributed by atoms with Crippen LogP contribution in [0.25, 0.3) is 4.96 Å². The van der Waals surface area contributed by atoms with Gasteiger partial charge in [-0.2, -0.15) is 0 Å². The van der Waals surface area contributed by atoms with Crippen molar-refractivity contribution in [2.75, 3.05) is 0 Å². The van der Waals surface area contributed by atoms with Crippen LogP contribution in [-0.4, -0.2) is 9.38 Å². The maximum absolute atomic E-state index is 13.8. The summed E-state index contributed by atoms with van der Waals surface area (Å²) in [6.07, 6.45) is 4.03. The van der Waals surface area contributed by atoms with Gasteiger partial charge in [-0.1, -0.05) is 11.6 Å². The first-order valence-electron chi connectivity index (χ1n) is 5.85. The fourth-order valence-electron chi connectivity index (χ4n) is 2.03. The van der Waals surface area contributed by atoms with E-state index in [0.29, 0.717) is 6.42 Å². The number of hydrogen-bond acceptors (Lipinski definition) is 3. The maximum Gasteiger partial charge on any atom is 0.193 e. The Kier molecular flexibility index (Phi) is 3.45. The molecule has 1 aromatic carbocycles. The fraction of sp³-hybridized carbons (Fsp3) is 0.154. The molecule has 0 amide bonds. The Labute approximate surface area is 122 Å². The Morgan fingerprint density at radius 1 is 1.35 bits per heavy atom. The average molecular weight is 314 g/mol. The van der Waals surface area contributed by atoms with E-state index >= 15 is 0 Å². The third-order valence-electron chi connectivity index (χ3n) is 3.01. The van der Waals surface area contributed by atoms with Gasteiger partial charge in [-0.05, 0) is 12.1 Å². The van der Waals surface area contributed by atoms with E-state index in [-0.39, 0.29) is 10.6 Å². The van der Waals surface area contributed by atoms with E-state index in [0.717, 1.165) is 22.8 Å². The van der Waals surface area contributed by atoms with E-state index in [4.69, 9.17) is 17.3 Å². The van der Waals surface area contributed by atoms with Gasteiger partial charge in [-0.3, -0.25) is 4.40 Å². The van der Waals surface area contributed by atoms with E-state index in [1.165, 1.54) is 11.3 Å². The Morgan fingerprint density at radius 2 is 2.15 bits per heavy atom. The molecule has 2 aromatic heterocycles. The first-order valence-corrected chi connectivity index (χ1v) is 7.11. The molecule has 0 spiro atoms. The molecule has 0 saturated heterocycles. The van der Waals surface area contributed by atoms with E-state index in [1.54, 1.807) is 0 Å². The number of imidazole rings is 1. The Morgan fingerprint density at radius 3 is 2.90 bits per heavy atom. The zero-order valence-electron chi connectivity index (χ0n) is 10.2. The third-order valence-corrected chi connectivity index (χ3v) is 4.07. The van der Waals surface area contributed by atoms with Crippen LogP contribution in [0.1, 0.15) is 17.3 Å². The van der Waals surface area contributed by atoms with Crippen molar-refractivity contribution >= 4 is 27.9 Å². The molecule has 0 saturated carbocycles. The lowest BCUT2D eigenvalue weighted by Gasteiger charge is -2.12. The van der Waals surface area contributed by atoms with Gasteiger partial charge in [0, 0.05) is 35.8 Å². The number of nitrogens with two attached hydrogens (primary N) is 1. The van der Waals surface area contributed by atoms with E-state index in [9.17, 15) is 8.78 Å². The SMILES string of the molecule is NC(Cc1cn2ccsc2n1)c1cc(F)c(Cl)cc1F. The molecule has 3 aromatic rings. The minimum Gasteiger partial charge on any atom is -0.324 e. The smallest absolute Gasteiger partial charge is 0.193 e. The number of rotatable bonds is 3. The predicted octanol–water partition coefficient (Wildman–Crippen LogP) is 3.57. The highest BCUT2D eigenvalue weighted by Crippen LogP contribution is 2.25. The molecule has 3 rings (SSSR count). The lowest BCUT2D eigenvalue weighted by molar-refractivity contribution is 0.560. The van der Waals surface area contributed by atoms with Gasteiger partial charge in [-0.15, -0.1) is 11.3 Å². The van der Waals surface area contributed by atoms with Gasteiger partial charge in [0.1, 0.15) is 11.6 Å². The van der Waals surface area contributed by atoms with Crippen LogP contribution in [0.4, 0.5) is 8.78 Å². The molecule has 0 aliphatic rings. The summed E-state index contributed by atoms with van der Waals surface area (Å²) >= 11 is 7.02. The highest BCUT2D eigenvalue weighted by atomic mass is 35.5. The molecule has 0 bridgehead atoms. The van der Waals surface area contributed by atoms with Gasteiger partial charge in [0.25, 0.3) is 0 Å². The van der Waals surface area contributed by atoms with Crippen molar-refractivity contribution < 1.29 is 8.78 Å². The predicted molar refractivity (Wildman–Crippen MR) is 75.1 cm³/mol. The summed E-state index contributed by atoms with van der Waals surface area (Å²) in [5.41, 5.74) is 6.78. The molecular weight excluding hydrogens is 304 g/mol. The van der Waals surface area contributed by atoms with Gasteiger partial charge in [0.2, 0.25) is 0 Å². The Bertz CT molecular complexity index is 740. The summed E-state index contributed by atoms with van der Waals surface area (Å²) in [5.74, 6) is -1.28. The van der Waals surface area contributed by atoms with Crippen LogP contribution in [0.2, 0.25) is 5.02 Å². The molecule has 1 atom stereocenters. The molecule has 0 aliphatic carbocycles. The van der Waals surface area contributed by atoms with Crippen LogP contribution in [0.15, 0.2) is 29.9 Å². The van der Waals surface area contributed by atoms with Crippen molar-refractivity contribution in [2.24, 2.45) is 5.73 Å². The molecule has 2 N–H and O–H groups in total. The average Bonchev–Trinajstić information content (AvgIpc) is 2.94. The van der Waals surface area contributed by atoms with Crippen molar-refractivity contribution in [1.29, 1.82) is 0 Å². The lowest BCUT2D eigenvalue weighted by Crippen LogP contribution is -2.15. The monoisotopic (exact) mass is 313 g/mol. The molecular formula is C13H10ClF2N3S. The van der Waals surface area contributed by atoms with Crippen LogP contribution in [-0.2, 0) is 6.42 Å². The number of fused-ring (bicyclic) bond motifs is 1. The number of benzene rings is 1. The van der Waals surface area contributed by atoms with Crippen LogP contribution < -0.4 is 5.73 Å². The molecule has 0 fully saturated rings. The number of halogens is 3. The summed E-state index contributed by atoms with van der Waals surface area (Å²) in [4.78, 5) is 5.21. The summed E-state index contributed by atoms with van der Waals surface area (Å²) in [6, 6.07) is 1.31. The minimum absolute atomic E-state index is 0.100. The lowest BCUT2D eigenvalue weighted by atomic mass is 10.0. The van der Waals surface area contributed by atoms with Gasteiger partial charge in [-0.25, -0.2) is 13.8 Å². The highest BCUT2D eigenvalue weighted by molar-refractivity contribution is 7.15. The van der Waals surface area contributed by atoms with E-state index < -0.39 is 17.7 Å². The topological polar surface area (TPSA) is 43.3 Å². The van der Waals surface area contributed by atoms with Crippen molar-refractivity contribution in [2.45, 2.75) is 12.5 Å². The largest absolute Gasteiger partial charge is 0.324 e. The number of thiazole rings is 1. The number of aromatic nitrogens is 2. The van der Waals surface area contributed by atoms with Crippen LogP contribution in [0, 0.1) is 11.6 Å². The normalized spacial score (nSPS) is 13.0. The Hall–Kier alpha value is -1.50. The molecule has 20 heavy (non-hydrogen) atoms. The van der Waals surface area contributed by atoms with Crippen molar-refractivity contribution in [3.63, 3.8) is 0 Å². The molecule has 104 valence electrons. The molecule has 0 radical (unpaired) electrons. The van der Waals surface area contributed by atoms with Gasteiger partial charge >= 0.3 is 0 Å². The van der Waals surface area contributed by atoms with Crippen LogP contribution >= 0.6 is 22.9 Å². The highest BCUT2D eigenvalue weighted by Gasteiger charge is 2.17. The summed E-state index contributed by atoms with van der Waals surface area (Å²) in [5, 5.41) is 1.67. The summed E-state index contributed by atoms with van der Waals surface area (Å²) < 4.78 is 29.0. The van der Waals surface area contributed by atoms with E-state index in [2.05, 4.69) is 4.98 Å². The van der Waals surface area contributed by atoms with E-state index in [1.807, 2.05) is 22.2 Å². The van der Waals surface area contributed by atoms with Crippen molar-refractivity contribution in [3.05, 3.63) is 57.8 Å². The second-order valence-electron chi connectivity index (χ2n) is 4.42. The van der Waals surface area contributed by atoms with Crippen molar-refractivity contribution in [1.82, 2.24) is 9.38 Å².